The third kappa shape index (κ3) is 5.48. The maximum Gasteiger partial charge on any atom is 0.336 e. The Morgan fingerprint density at radius 3 is 2.59 bits per heavy atom. The molecule has 32 heavy (non-hydrogen) atoms. The number of ether oxygens (including phenoxy) is 1. The van der Waals surface area contributed by atoms with E-state index in [1.807, 2.05) is 31.2 Å². The van der Waals surface area contributed by atoms with Gasteiger partial charge in [0.05, 0.1) is 23.9 Å². The van der Waals surface area contributed by atoms with Crippen molar-refractivity contribution in [3.8, 4) is 5.75 Å². The molecule has 1 aromatic heterocycles. The number of nitrogens with zero attached hydrogens (tertiary/aromatic N) is 2. The summed E-state index contributed by atoms with van der Waals surface area (Å²) in [6.45, 7) is 6.58. The first-order chi connectivity index (χ1) is 15.5. The van der Waals surface area contributed by atoms with Crippen LogP contribution < -0.4 is 15.7 Å². The number of rotatable bonds is 7. The third-order valence-corrected chi connectivity index (χ3v) is 5.81. The molecule has 1 amide bonds. The van der Waals surface area contributed by atoms with E-state index in [9.17, 15) is 9.59 Å². The summed E-state index contributed by atoms with van der Waals surface area (Å²) >= 11 is 6.12. The Kier molecular flexibility index (Phi) is 7.09. The zero-order valence-corrected chi connectivity index (χ0v) is 18.7. The summed E-state index contributed by atoms with van der Waals surface area (Å²) in [5.74, 6) is 0.672. The lowest BCUT2D eigenvalue weighted by molar-refractivity contribution is -0.117. The van der Waals surface area contributed by atoms with Crippen LogP contribution in [0.2, 0.25) is 5.02 Å². The van der Waals surface area contributed by atoms with Crippen molar-refractivity contribution in [1.82, 2.24) is 9.80 Å². The number of piperazine rings is 1. The lowest BCUT2D eigenvalue weighted by Crippen LogP contribution is -2.48. The largest absolute Gasteiger partial charge is 0.494 e. The predicted molar refractivity (Wildman–Crippen MR) is 125 cm³/mol. The monoisotopic (exact) mass is 455 g/mol. The van der Waals surface area contributed by atoms with E-state index in [4.69, 9.17) is 20.8 Å². The number of carbonyl (C=O) groups excluding carboxylic acids is 1. The molecule has 7 nitrogen and oxygen atoms in total. The molecule has 8 heteroatoms. The van der Waals surface area contributed by atoms with Gasteiger partial charge in [0.25, 0.3) is 0 Å². The van der Waals surface area contributed by atoms with Gasteiger partial charge >= 0.3 is 5.63 Å². The predicted octanol–water partition coefficient (Wildman–Crippen LogP) is 3.60. The highest BCUT2D eigenvalue weighted by molar-refractivity contribution is 6.33. The molecule has 0 radical (unpaired) electrons. The van der Waals surface area contributed by atoms with Crippen molar-refractivity contribution in [2.75, 3.05) is 44.6 Å². The van der Waals surface area contributed by atoms with E-state index < -0.39 is 0 Å². The Hall–Kier alpha value is -2.87. The van der Waals surface area contributed by atoms with Crippen molar-refractivity contribution in [3.05, 3.63) is 69.5 Å². The van der Waals surface area contributed by atoms with Gasteiger partial charge < -0.3 is 14.5 Å². The van der Waals surface area contributed by atoms with Crippen LogP contribution in [0.5, 0.6) is 5.75 Å². The van der Waals surface area contributed by atoms with Crippen LogP contribution in [0.25, 0.3) is 11.0 Å². The summed E-state index contributed by atoms with van der Waals surface area (Å²) in [5, 5.41) is 4.28. The Morgan fingerprint density at radius 2 is 1.84 bits per heavy atom. The maximum atomic E-state index is 12.4. The molecule has 0 unspecified atom stereocenters. The number of hydrogen-bond acceptors (Lipinski definition) is 6. The van der Waals surface area contributed by atoms with Gasteiger partial charge in [-0.15, -0.1) is 0 Å². The zero-order chi connectivity index (χ0) is 22.5. The Morgan fingerprint density at radius 1 is 1.09 bits per heavy atom. The van der Waals surface area contributed by atoms with E-state index in [2.05, 4.69) is 15.1 Å². The Bertz CT molecular complexity index is 1160. The van der Waals surface area contributed by atoms with Crippen LogP contribution in [0.1, 0.15) is 12.5 Å². The fourth-order valence-corrected chi connectivity index (χ4v) is 4.08. The molecule has 0 aliphatic carbocycles. The van der Waals surface area contributed by atoms with Gasteiger partial charge in [-0.25, -0.2) is 4.79 Å². The molecule has 1 saturated heterocycles. The molecule has 3 aromatic rings. The quantitative estimate of drug-likeness (QED) is 0.549. The topological polar surface area (TPSA) is 75.0 Å². The Balaban J connectivity index is 1.36. The minimum Gasteiger partial charge on any atom is -0.494 e. The van der Waals surface area contributed by atoms with Crippen molar-refractivity contribution in [3.63, 3.8) is 0 Å². The SMILES string of the molecule is CCOc1ccc2oc(=O)cc(CN3CCN(CC(=O)Nc4ccccc4Cl)CC3)c2c1. The van der Waals surface area contributed by atoms with E-state index in [0.717, 1.165) is 42.9 Å². The minimum absolute atomic E-state index is 0.0818. The molecule has 2 aromatic carbocycles. The first-order valence-electron chi connectivity index (χ1n) is 10.7. The number of anilines is 1. The van der Waals surface area contributed by atoms with Crippen LogP contribution in [0, 0.1) is 0 Å². The molecule has 1 fully saturated rings. The normalized spacial score (nSPS) is 15.1. The molecular formula is C24H26ClN3O4. The van der Waals surface area contributed by atoms with Crippen LogP contribution in [-0.4, -0.2) is 55.0 Å². The second kappa shape index (κ2) is 10.2. The molecular weight excluding hydrogens is 430 g/mol. The lowest BCUT2D eigenvalue weighted by atomic mass is 10.1. The highest BCUT2D eigenvalue weighted by atomic mass is 35.5. The van der Waals surface area contributed by atoms with Crippen molar-refractivity contribution < 1.29 is 13.9 Å². The first-order valence-corrected chi connectivity index (χ1v) is 11.1. The van der Waals surface area contributed by atoms with Gasteiger partial charge in [-0.1, -0.05) is 23.7 Å². The van der Waals surface area contributed by atoms with Crippen LogP contribution in [-0.2, 0) is 11.3 Å². The number of benzene rings is 2. The summed E-state index contributed by atoms with van der Waals surface area (Å²) in [6.07, 6.45) is 0. The van der Waals surface area contributed by atoms with Crippen molar-refractivity contribution in [1.29, 1.82) is 0 Å². The molecule has 2 heterocycles. The van der Waals surface area contributed by atoms with Gasteiger partial charge in [0.15, 0.2) is 0 Å². The molecule has 0 atom stereocenters. The van der Waals surface area contributed by atoms with Crippen molar-refractivity contribution in [2.45, 2.75) is 13.5 Å². The number of carbonyl (C=O) groups is 1. The summed E-state index contributed by atoms with van der Waals surface area (Å²) in [7, 11) is 0. The van der Waals surface area contributed by atoms with Crippen molar-refractivity contribution >= 4 is 34.2 Å². The Labute approximate surface area is 191 Å². The first kappa shape index (κ1) is 22.3. The van der Waals surface area contributed by atoms with E-state index in [0.29, 0.717) is 36.0 Å². The van der Waals surface area contributed by atoms with Gasteiger partial charge in [-0.3, -0.25) is 14.6 Å². The van der Waals surface area contributed by atoms with Crippen LogP contribution >= 0.6 is 11.6 Å². The summed E-state index contributed by atoms with van der Waals surface area (Å²) in [4.78, 5) is 28.8. The fourth-order valence-electron chi connectivity index (χ4n) is 3.90. The van der Waals surface area contributed by atoms with Crippen LogP contribution in [0.15, 0.2) is 57.7 Å². The molecule has 0 saturated carbocycles. The third-order valence-electron chi connectivity index (χ3n) is 5.48. The van der Waals surface area contributed by atoms with E-state index in [1.54, 1.807) is 24.3 Å². The van der Waals surface area contributed by atoms with Crippen molar-refractivity contribution in [2.24, 2.45) is 0 Å². The number of amides is 1. The molecule has 168 valence electrons. The molecule has 0 spiro atoms. The average molecular weight is 456 g/mol. The highest BCUT2D eigenvalue weighted by Gasteiger charge is 2.20. The van der Waals surface area contributed by atoms with Gasteiger partial charge in [-0.05, 0) is 42.8 Å². The fraction of sp³-hybridized carbons (Fsp3) is 0.333. The van der Waals surface area contributed by atoms with Gasteiger partial charge in [0.2, 0.25) is 5.91 Å². The van der Waals surface area contributed by atoms with Crippen LogP contribution in [0.3, 0.4) is 0 Å². The average Bonchev–Trinajstić information content (AvgIpc) is 2.77. The zero-order valence-electron chi connectivity index (χ0n) is 18.0. The van der Waals surface area contributed by atoms with E-state index >= 15 is 0 Å². The highest BCUT2D eigenvalue weighted by Crippen LogP contribution is 2.24. The number of nitrogens with one attached hydrogen (secondary N) is 1. The summed E-state index contributed by atoms with van der Waals surface area (Å²) in [6, 6.07) is 14.3. The van der Waals surface area contributed by atoms with E-state index in [-0.39, 0.29) is 11.5 Å². The van der Waals surface area contributed by atoms with Crippen LogP contribution in [0.4, 0.5) is 5.69 Å². The minimum atomic E-state index is -0.355. The number of para-hydroxylation sites is 1. The molecule has 1 aliphatic rings. The number of fused-ring (bicyclic) bond motifs is 1. The molecule has 4 rings (SSSR count). The smallest absolute Gasteiger partial charge is 0.336 e. The van der Waals surface area contributed by atoms with Gasteiger partial charge in [0.1, 0.15) is 11.3 Å². The molecule has 0 bridgehead atoms. The lowest BCUT2D eigenvalue weighted by Gasteiger charge is -2.34. The molecule has 1 aliphatic heterocycles. The standard InChI is InChI=1S/C24H26ClN3O4/c1-2-31-18-7-8-22-19(14-18)17(13-24(30)32-22)15-27-9-11-28(12-10-27)16-23(29)26-21-6-4-3-5-20(21)25/h3-8,13-14H,2,9-12,15-16H2,1H3,(H,26,29). The second-order valence-corrected chi connectivity index (χ2v) is 8.17. The van der Waals surface area contributed by atoms with Gasteiger partial charge in [0, 0.05) is 44.2 Å². The number of hydrogen-bond donors (Lipinski definition) is 1. The maximum absolute atomic E-state index is 12.4. The van der Waals surface area contributed by atoms with Gasteiger partial charge in [-0.2, -0.15) is 0 Å². The second-order valence-electron chi connectivity index (χ2n) is 7.76. The number of halogens is 1. The molecule has 1 N–H and O–H groups in total. The summed E-state index contributed by atoms with van der Waals surface area (Å²) in [5.41, 5.74) is 1.75. The summed E-state index contributed by atoms with van der Waals surface area (Å²) < 4.78 is 11.0. The van der Waals surface area contributed by atoms with E-state index in [1.165, 1.54) is 0 Å².